The average molecular weight is 396 g/mol. The van der Waals surface area contributed by atoms with E-state index in [-0.39, 0.29) is 6.04 Å². The van der Waals surface area contributed by atoms with Gasteiger partial charge in [0, 0.05) is 31.1 Å². The molecule has 3 rings (SSSR count). The summed E-state index contributed by atoms with van der Waals surface area (Å²) in [6, 6.07) is 4.46. The van der Waals surface area contributed by atoms with E-state index in [0.29, 0.717) is 12.5 Å². The highest BCUT2D eigenvalue weighted by Gasteiger charge is 2.20. The van der Waals surface area contributed by atoms with Gasteiger partial charge in [0.25, 0.3) is 0 Å². The number of ether oxygens (including phenoxy) is 1. The molecule has 6 heteroatoms. The number of aryl methyl sites for hydroxylation is 2. The maximum absolute atomic E-state index is 5.42. The Balaban J connectivity index is 2.17. The Labute approximate surface area is 173 Å². The van der Waals surface area contributed by atoms with E-state index < -0.39 is 0 Å². The molecule has 0 aromatic carbocycles. The predicted molar refractivity (Wildman–Crippen MR) is 120 cm³/mol. The van der Waals surface area contributed by atoms with Crippen LogP contribution in [0.4, 0.5) is 5.82 Å². The van der Waals surface area contributed by atoms with Crippen LogP contribution in [0.15, 0.2) is 18.3 Å². The van der Waals surface area contributed by atoms with Gasteiger partial charge in [-0.3, -0.25) is 0 Å². The fourth-order valence-electron chi connectivity index (χ4n) is 3.69. The van der Waals surface area contributed by atoms with E-state index in [0.717, 1.165) is 58.2 Å². The fourth-order valence-corrected chi connectivity index (χ4v) is 3.69. The van der Waals surface area contributed by atoms with Gasteiger partial charge in [-0.15, -0.1) is 0 Å². The van der Waals surface area contributed by atoms with Crippen molar-refractivity contribution >= 4 is 17.0 Å². The number of fused-ring (bicyclic) bond motifs is 1. The van der Waals surface area contributed by atoms with Crippen LogP contribution in [-0.2, 0) is 4.74 Å². The lowest BCUT2D eigenvalue weighted by Crippen LogP contribution is -2.14. The highest BCUT2D eigenvalue weighted by atomic mass is 16.5. The molecule has 1 N–H and O–H groups in total. The van der Waals surface area contributed by atoms with Crippen LogP contribution < -0.4 is 5.32 Å². The molecule has 156 valence electrons. The first kappa shape index (κ1) is 21.2. The van der Waals surface area contributed by atoms with Crippen LogP contribution in [-0.4, -0.2) is 39.8 Å². The van der Waals surface area contributed by atoms with Crippen molar-refractivity contribution in [2.24, 2.45) is 0 Å². The van der Waals surface area contributed by atoms with Crippen molar-refractivity contribution in [2.75, 3.05) is 25.6 Å². The van der Waals surface area contributed by atoms with Crippen LogP contribution in [0.2, 0.25) is 0 Å². The van der Waals surface area contributed by atoms with Crippen LogP contribution >= 0.6 is 0 Å². The van der Waals surface area contributed by atoms with Crippen molar-refractivity contribution in [3.05, 3.63) is 35.3 Å². The van der Waals surface area contributed by atoms with Gasteiger partial charge in [-0.2, -0.15) is 0 Å². The lowest BCUT2D eigenvalue weighted by Gasteiger charge is -2.18. The smallest absolute Gasteiger partial charge is 0.159 e. The molecule has 1 unspecified atom stereocenters. The number of nitrogens with zero attached hydrogens (tertiary/aromatic N) is 4. The monoisotopic (exact) mass is 395 g/mol. The van der Waals surface area contributed by atoms with Gasteiger partial charge in [0.2, 0.25) is 0 Å². The van der Waals surface area contributed by atoms with E-state index in [1.54, 1.807) is 7.11 Å². The summed E-state index contributed by atoms with van der Waals surface area (Å²) in [6.45, 7) is 14.2. The molecular formula is C23H33N5O. The van der Waals surface area contributed by atoms with Gasteiger partial charge in [-0.25, -0.2) is 15.0 Å². The van der Waals surface area contributed by atoms with Crippen molar-refractivity contribution in [2.45, 2.75) is 59.9 Å². The minimum absolute atomic E-state index is 0.250. The number of pyridine rings is 1. The first-order chi connectivity index (χ1) is 13.9. The number of hydrogen-bond donors (Lipinski definition) is 1. The molecule has 1 atom stereocenters. The highest BCUT2D eigenvalue weighted by Crippen LogP contribution is 2.32. The van der Waals surface area contributed by atoms with Crippen LogP contribution in [0.5, 0.6) is 0 Å². The number of methoxy groups -OCH3 is 1. The maximum Gasteiger partial charge on any atom is 0.159 e. The van der Waals surface area contributed by atoms with E-state index >= 15 is 0 Å². The molecule has 0 aliphatic rings. The van der Waals surface area contributed by atoms with E-state index in [1.807, 2.05) is 6.92 Å². The summed E-state index contributed by atoms with van der Waals surface area (Å²) in [5, 5.41) is 3.41. The van der Waals surface area contributed by atoms with Crippen molar-refractivity contribution in [3.63, 3.8) is 0 Å². The molecule has 29 heavy (non-hydrogen) atoms. The fraction of sp³-hybridized carbons (Fsp3) is 0.522. The summed E-state index contributed by atoms with van der Waals surface area (Å²) in [4.78, 5) is 14.9. The Morgan fingerprint density at radius 1 is 1.10 bits per heavy atom. The van der Waals surface area contributed by atoms with Gasteiger partial charge in [0.15, 0.2) is 5.65 Å². The van der Waals surface area contributed by atoms with E-state index in [2.05, 4.69) is 62.8 Å². The predicted octanol–water partition coefficient (Wildman–Crippen LogP) is 5.26. The molecule has 0 radical (unpaired) electrons. The normalized spacial score (nSPS) is 12.7. The quantitative estimate of drug-likeness (QED) is 0.563. The Hall–Kier alpha value is -2.47. The Bertz CT molecular complexity index is 993. The second-order valence-corrected chi connectivity index (χ2v) is 7.88. The Kier molecular flexibility index (Phi) is 6.52. The Morgan fingerprint density at radius 2 is 1.86 bits per heavy atom. The van der Waals surface area contributed by atoms with Crippen LogP contribution in [0, 0.1) is 13.8 Å². The lowest BCUT2D eigenvalue weighted by atomic mass is 10.1. The number of aromatic nitrogens is 4. The van der Waals surface area contributed by atoms with E-state index in [1.165, 1.54) is 0 Å². The van der Waals surface area contributed by atoms with Gasteiger partial charge in [0.1, 0.15) is 11.3 Å². The Morgan fingerprint density at radius 3 is 2.48 bits per heavy atom. The van der Waals surface area contributed by atoms with Gasteiger partial charge in [-0.1, -0.05) is 20.8 Å². The summed E-state index contributed by atoms with van der Waals surface area (Å²) in [5.74, 6) is 1.25. The second-order valence-electron chi connectivity index (χ2n) is 7.88. The van der Waals surface area contributed by atoms with Crippen LogP contribution in [0.25, 0.3) is 22.4 Å². The molecule has 0 saturated carbocycles. The SMILES string of the molecule is CCNc1nc(C(C)C)ccc1-c1nc2c(C)cn(C(CC)COC)c2nc1C. The van der Waals surface area contributed by atoms with Crippen molar-refractivity contribution in [3.8, 4) is 11.3 Å². The van der Waals surface area contributed by atoms with Crippen LogP contribution in [0.1, 0.15) is 63.0 Å². The van der Waals surface area contributed by atoms with E-state index in [9.17, 15) is 0 Å². The third-order valence-electron chi connectivity index (χ3n) is 5.33. The molecule has 6 nitrogen and oxygen atoms in total. The summed E-state index contributed by atoms with van der Waals surface area (Å²) < 4.78 is 7.63. The zero-order chi connectivity index (χ0) is 21.1. The third-order valence-corrected chi connectivity index (χ3v) is 5.33. The zero-order valence-corrected chi connectivity index (χ0v) is 18.7. The third kappa shape index (κ3) is 4.13. The first-order valence-electron chi connectivity index (χ1n) is 10.5. The summed E-state index contributed by atoms with van der Waals surface area (Å²) >= 11 is 0. The minimum atomic E-state index is 0.250. The molecule has 0 fully saturated rings. The van der Waals surface area contributed by atoms with E-state index in [4.69, 9.17) is 19.7 Å². The molecule has 3 aromatic rings. The summed E-state index contributed by atoms with van der Waals surface area (Å²) in [5.41, 5.74) is 6.85. The number of anilines is 1. The molecule has 0 spiro atoms. The molecule has 0 amide bonds. The summed E-state index contributed by atoms with van der Waals surface area (Å²) in [7, 11) is 1.74. The topological polar surface area (TPSA) is 64.9 Å². The van der Waals surface area contributed by atoms with Crippen molar-refractivity contribution in [1.82, 2.24) is 19.5 Å². The average Bonchev–Trinajstić information content (AvgIpc) is 3.01. The van der Waals surface area contributed by atoms with Gasteiger partial charge >= 0.3 is 0 Å². The van der Waals surface area contributed by atoms with Gasteiger partial charge in [-0.05, 0) is 50.8 Å². The number of hydrogen-bond acceptors (Lipinski definition) is 5. The number of rotatable bonds is 8. The molecular weight excluding hydrogens is 362 g/mol. The van der Waals surface area contributed by atoms with Crippen molar-refractivity contribution < 1.29 is 4.74 Å². The number of nitrogens with one attached hydrogen (secondary N) is 1. The molecule has 3 heterocycles. The van der Waals surface area contributed by atoms with Gasteiger partial charge in [0.05, 0.1) is 24.0 Å². The second kappa shape index (κ2) is 8.91. The van der Waals surface area contributed by atoms with Gasteiger partial charge < -0.3 is 14.6 Å². The largest absolute Gasteiger partial charge is 0.383 e. The maximum atomic E-state index is 5.42. The highest BCUT2D eigenvalue weighted by molar-refractivity contribution is 5.82. The van der Waals surface area contributed by atoms with Crippen LogP contribution in [0.3, 0.4) is 0 Å². The minimum Gasteiger partial charge on any atom is -0.383 e. The molecule has 0 bridgehead atoms. The molecule has 3 aromatic heterocycles. The lowest BCUT2D eigenvalue weighted by molar-refractivity contribution is 0.154. The first-order valence-corrected chi connectivity index (χ1v) is 10.5. The molecule has 0 saturated heterocycles. The molecule has 0 aliphatic carbocycles. The molecule has 0 aliphatic heterocycles. The summed E-state index contributed by atoms with van der Waals surface area (Å²) in [6.07, 6.45) is 3.12. The zero-order valence-electron chi connectivity index (χ0n) is 18.7. The van der Waals surface area contributed by atoms with Crippen molar-refractivity contribution in [1.29, 1.82) is 0 Å². The standard InChI is InChI=1S/C23H33N5O/c1-8-17(13-29-7)28-12-15(5)20-23(28)25-16(6)21(27-20)18-10-11-19(14(3)4)26-22(18)24-9-2/h10-12,14,17H,8-9,13H2,1-7H3,(H,24,26).